The quantitative estimate of drug-likeness (QED) is 0.487. The summed E-state index contributed by atoms with van der Waals surface area (Å²) < 4.78 is 49.4. The highest BCUT2D eigenvalue weighted by Crippen LogP contribution is 2.33. The molecule has 2 N–H and O–H groups in total. The Hall–Kier alpha value is -4.13. The lowest BCUT2D eigenvalue weighted by atomic mass is 10.0. The molecular formula is C25H26F3N7O3. The highest BCUT2D eigenvalue weighted by molar-refractivity contribution is 5.79. The van der Waals surface area contributed by atoms with Gasteiger partial charge in [0.05, 0.1) is 43.3 Å². The molecule has 2 aliphatic rings. The Morgan fingerprint density at radius 3 is 2.63 bits per heavy atom. The van der Waals surface area contributed by atoms with E-state index in [0.717, 1.165) is 17.8 Å². The predicted molar refractivity (Wildman–Crippen MR) is 132 cm³/mol. The second kappa shape index (κ2) is 10.3. The summed E-state index contributed by atoms with van der Waals surface area (Å²) in [6.07, 6.45) is 2.46. The van der Waals surface area contributed by atoms with Gasteiger partial charge in [0.25, 0.3) is 0 Å². The molecule has 0 bridgehead atoms. The van der Waals surface area contributed by atoms with Gasteiger partial charge < -0.3 is 20.1 Å². The van der Waals surface area contributed by atoms with Crippen molar-refractivity contribution in [1.82, 2.24) is 24.7 Å². The van der Waals surface area contributed by atoms with Gasteiger partial charge in [-0.25, -0.2) is 23.0 Å². The maximum atomic E-state index is 14.6. The number of benzene rings is 1. The molecule has 1 atom stereocenters. The first-order valence-electron chi connectivity index (χ1n) is 12.0. The number of amides is 2. The number of halogens is 3. The molecule has 4 heterocycles. The number of nitrogens with zero attached hydrogens (tertiary/aromatic N) is 6. The number of aryl methyl sites for hydroxylation is 1. The Morgan fingerprint density at radius 2 is 1.92 bits per heavy atom. The molecule has 0 aliphatic carbocycles. The number of urea groups is 1. The zero-order valence-corrected chi connectivity index (χ0v) is 20.7. The molecule has 0 spiro atoms. The Labute approximate surface area is 216 Å². The molecule has 2 aromatic heterocycles. The predicted octanol–water partition coefficient (Wildman–Crippen LogP) is 3.23. The lowest BCUT2D eigenvalue weighted by Gasteiger charge is -2.41. The summed E-state index contributed by atoms with van der Waals surface area (Å²) in [5.74, 6) is -1.52. The maximum absolute atomic E-state index is 14.6. The molecule has 2 amide bonds. The van der Waals surface area contributed by atoms with Crippen LogP contribution in [0.15, 0.2) is 35.6 Å². The van der Waals surface area contributed by atoms with E-state index in [0.29, 0.717) is 35.7 Å². The molecule has 38 heavy (non-hydrogen) atoms. The van der Waals surface area contributed by atoms with E-state index in [1.807, 2.05) is 6.92 Å². The van der Waals surface area contributed by atoms with Crippen LogP contribution in [0.4, 0.5) is 23.8 Å². The first-order valence-corrected chi connectivity index (χ1v) is 12.0. The van der Waals surface area contributed by atoms with Crippen LogP contribution >= 0.6 is 0 Å². The second-order valence-corrected chi connectivity index (χ2v) is 9.12. The largest absolute Gasteiger partial charge is 0.483 e. The Bertz CT molecular complexity index is 1370. The highest BCUT2D eigenvalue weighted by atomic mass is 19.1. The van der Waals surface area contributed by atoms with E-state index in [-0.39, 0.29) is 25.4 Å². The monoisotopic (exact) mass is 529 g/mol. The summed E-state index contributed by atoms with van der Waals surface area (Å²) in [4.78, 5) is 18.7. The van der Waals surface area contributed by atoms with Gasteiger partial charge in [0.1, 0.15) is 17.7 Å². The smallest absolute Gasteiger partial charge is 0.341 e. The number of likely N-dealkylation sites (tertiary alicyclic amines) is 1. The molecule has 0 saturated carbocycles. The number of rotatable bonds is 7. The first-order chi connectivity index (χ1) is 18.2. The van der Waals surface area contributed by atoms with Crippen molar-refractivity contribution >= 4 is 18.1 Å². The lowest BCUT2D eigenvalue weighted by molar-refractivity contribution is 0.0256. The van der Waals surface area contributed by atoms with Crippen molar-refractivity contribution in [2.24, 2.45) is 12.1 Å². The van der Waals surface area contributed by atoms with Gasteiger partial charge in [-0.05, 0) is 24.6 Å². The fraction of sp³-hybridized carbons (Fsp3) is 0.360. The third-order valence-electron chi connectivity index (χ3n) is 6.46. The summed E-state index contributed by atoms with van der Waals surface area (Å²) in [6, 6.07) is 3.58. The van der Waals surface area contributed by atoms with Crippen LogP contribution in [0, 0.1) is 24.4 Å². The van der Waals surface area contributed by atoms with Crippen LogP contribution in [-0.4, -0.2) is 74.4 Å². The van der Waals surface area contributed by atoms with Crippen LogP contribution in [0.25, 0.3) is 11.4 Å². The SMILES string of the molecule is Cc1c(NCCO)nn(C)c1-c1cc(OC2CN(C(=O)N3N=CCC3c3cc(F)cc(F)c3)C2)c(F)cn1. The molecule has 200 valence electrons. The fourth-order valence-electron chi connectivity index (χ4n) is 4.61. The summed E-state index contributed by atoms with van der Waals surface area (Å²) >= 11 is 0. The lowest BCUT2D eigenvalue weighted by Crippen LogP contribution is -2.58. The number of ether oxygens (including phenoxy) is 1. The van der Waals surface area contributed by atoms with Gasteiger partial charge >= 0.3 is 6.03 Å². The van der Waals surface area contributed by atoms with Crippen LogP contribution in [0.3, 0.4) is 0 Å². The van der Waals surface area contributed by atoms with Gasteiger partial charge in [-0.3, -0.25) is 9.67 Å². The molecule has 1 aromatic carbocycles. The van der Waals surface area contributed by atoms with E-state index in [9.17, 15) is 18.0 Å². The Morgan fingerprint density at radius 1 is 1.18 bits per heavy atom. The van der Waals surface area contributed by atoms with E-state index in [1.165, 1.54) is 34.3 Å². The number of aromatic nitrogens is 3. The highest BCUT2D eigenvalue weighted by Gasteiger charge is 2.39. The number of hydrazone groups is 1. The van der Waals surface area contributed by atoms with E-state index in [4.69, 9.17) is 9.84 Å². The van der Waals surface area contributed by atoms with Crippen LogP contribution in [0.1, 0.15) is 23.6 Å². The van der Waals surface area contributed by atoms with Crippen molar-refractivity contribution in [1.29, 1.82) is 0 Å². The average molecular weight is 530 g/mol. The fourth-order valence-corrected chi connectivity index (χ4v) is 4.61. The van der Waals surface area contributed by atoms with Gasteiger partial charge in [0.15, 0.2) is 17.4 Å². The van der Waals surface area contributed by atoms with Crippen LogP contribution < -0.4 is 10.1 Å². The average Bonchev–Trinajstić information content (AvgIpc) is 3.44. The summed E-state index contributed by atoms with van der Waals surface area (Å²) in [6.45, 7) is 2.50. The first kappa shape index (κ1) is 25.5. The van der Waals surface area contributed by atoms with Gasteiger partial charge in [0.2, 0.25) is 0 Å². The number of carbonyl (C=O) groups is 1. The second-order valence-electron chi connectivity index (χ2n) is 9.12. The molecule has 13 heteroatoms. The molecule has 10 nitrogen and oxygen atoms in total. The Balaban J connectivity index is 1.25. The number of aliphatic hydroxyl groups is 1. The molecule has 1 saturated heterocycles. The van der Waals surface area contributed by atoms with Gasteiger partial charge in [-0.1, -0.05) is 0 Å². The third kappa shape index (κ3) is 4.88. The minimum Gasteiger partial charge on any atom is -0.483 e. The molecule has 0 radical (unpaired) electrons. The van der Waals surface area contributed by atoms with Crippen molar-refractivity contribution in [3.8, 4) is 17.1 Å². The topological polar surface area (TPSA) is 108 Å². The number of hydrogen-bond donors (Lipinski definition) is 2. The van der Waals surface area contributed by atoms with Crippen LogP contribution in [0.5, 0.6) is 5.75 Å². The number of pyridine rings is 1. The number of anilines is 1. The van der Waals surface area contributed by atoms with Crippen molar-refractivity contribution in [3.63, 3.8) is 0 Å². The van der Waals surface area contributed by atoms with Crippen molar-refractivity contribution in [3.05, 3.63) is 59.0 Å². The summed E-state index contributed by atoms with van der Waals surface area (Å²) in [7, 11) is 1.74. The number of hydrogen-bond acceptors (Lipinski definition) is 7. The van der Waals surface area contributed by atoms with Gasteiger partial charge in [-0.2, -0.15) is 10.2 Å². The minimum atomic E-state index is -0.727. The Kier molecular flexibility index (Phi) is 6.93. The van der Waals surface area contributed by atoms with E-state index < -0.39 is 35.6 Å². The summed E-state index contributed by atoms with van der Waals surface area (Å²) in [5.41, 5.74) is 2.21. The molecule has 5 rings (SSSR count). The normalized spacial score (nSPS) is 17.2. The van der Waals surface area contributed by atoms with Crippen molar-refractivity contribution < 1.29 is 27.8 Å². The molecular weight excluding hydrogens is 503 g/mol. The van der Waals surface area contributed by atoms with E-state index >= 15 is 0 Å². The third-order valence-corrected chi connectivity index (χ3v) is 6.46. The van der Waals surface area contributed by atoms with Crippen LogP contribution in [0.2, 0.25) is 0 Å². The minimum absolute atomic E-state index is 0.00938. The number of carbonyl (C=O) groups excluding carboxylic acids is 1. The van der Waals surface area contributed by atoms with Crippen molar-refractivity contribution in [2.45, 2.75) is 25.5 Å². The molecule has 3 aromatic rings. The van der Waals surface area contributed by atoms with E-state index in [2.05, 4.69) is 20.5 Å². The number of nitrogens with one attached hydrogen (secondary N) is 1. The van der Waals surface area contributed by atoms with Gasteiger partial charge in [-0.15, -0.1) is 0 Å². The van der Waals surface area contributed by atoms with Gasteiger partial charge in [0, 0.05) is 43.9 Å². The molecule has 1 unspecified atom stereocenters. The maximum Gasteiger partial charge on any atom is 0.341 e. The number of aliphatic hydroxyl groups excluding tert-OH is 1. The van der Waals surface area contributed by atoms with E-state index in [1.54, 1.807) is 11.7 Å². The summed E-state index contributed by atoms with van der Waals surface area (Å²) in [5, 5.41) is 21.8. The van der Waals surface area contributed by atoms with Crippen LogP contribution in [-0.2, 0) is 7.05 Å². The van der Waals surface area contributed by atoms with Crippen molar-refractivity contribution in [2.75, 3.05) is 31.6 Å². The standard InChI is InChI=1S/C25H26F3N7O3/c1-14-23(33(2)32-24(14)29-5-6-36)20-10-22(19(28)11-30-20)38-18-12-34(13-18)25(37)35-21(3-4-31-35)15-7-16(26)9-17(27)8-15/h4,7-11,18,21,36H,3,5-6,12-13H2,1-2H3,(H,29,32). The molecule has 2 aliphatic heterocycles. The zero-order valence-electron chi connectivity index (χ0n) is 20.7. The zero-order chi connectivity index (χ0) is 27.0. The molecule has 1 fully saturated rings.